The maximum absolute atomic E-state index is 4.61. The Bertz CT molecular complexity index is 348. The molecule has 15 heavy (non-hydrogen) atoms. The van der Waals surface area contributed by atoms with Gasteiger partial charge in [-0.1, -0.05) is 20.8 Å². The summed E-state index contributed by atoms with van der Waals surface area (Å²) in [6.45, 7) is 12.9. The van der Waals surface area contributed by atoms with Crippen LogP contribution in [0.15, 0.2) is 0 Å². The second-order valence-corrected chi connectivity index (χ2v) is 5.49. The van der Waals surface area contributed by atoms with E-state index in [1.54, 1.807) is 0 Å². The summed E-state index contributed by atoms with van der Waals surface area (Å²) in [5, 5.41) is 0. The number of hydrogen-bond acceptors (Lipinski definition) is 2. The molecule has 1 rings (SSSR count). The molecule has 0 aliphatic heterocycles. The summed E-state index contributed by atoms with van der Waals surface area (Å²) in [6.07, 6.45) is 2.19. The van der Waals surface area contributed by atoms with E-state index in [-0.39, 0.29) is 0 Å². The maximum Gasteiger partial charge on any atom is 0.0619 e. The normalized spacial score (nSPS) is 11.9. The highest BCUT2D eigenvalue weighted by molar-refractivity contribution is 5.17. The molecule has 2 nitrogen and oxygen atoms in total. The Kier molecular flexibility index (Phi) is 3.48. The summed E-state index contributed by atoms with van der Waals surface area (Å²) >= 11 is 0. The fourth-order valence-corrected chi connectivity index (χ4v) is 1.49. The smallest absolute Gasteiger partial charge is 0.0619 e. The third-order valence-electron chi connectivity index (χ3n) is 2.69. The minimum Gasteiger partial charge on any atom is -0.255 e. The van der Waals surface area contributed by atoms with E-state index >= 15 is 0 Å². The molecule has 1 aromatic heterocycles. The summed E-state index contributed by atoms with van der Waals surface area (Å²) < 4.78 is 0. The third-order valence-corrected chi connectivity index (χ3v) is 2.69. The van der Waals surface area contributed by atoms with Crippen LogP contribution in [0.3, 0.4) is 0 Å². The van der Waals surface area contributed by atoms with Crippen molar-refractivity contribution in [3.63, 3.8) is 0 Å². The van der Waals surface area contributed by atoms with Crippen LogP contribution in [-0.4, -0.2) is 9.97 Å². The summed E-state index contributed by atoms with van der Waals surface area (Å²) in [4.78, 5) is 9.12. The van der Waals surface area contributed by atoms with E-state index in [9.17, 15) is 0 Å². The van der Waals surface area contributed by atoms with E-state index in [0.29, 0.717) is 5.41 Å². The molecule has 0 unspecified atom stereocenters. The molecule has 84 valence electrons. The predicted molar refractivity (Wildman–Crippen MR) is 64.0 cm³/mol. The number of aromatic nitrogens is 2. The van der Waals surface area contributed by atoms with E-state index in [4.69, 9.17) is 0 Å². The van der Waals surface area contributed by atoms with Gasteiger partial charge in [-0.05, 0) is 39.0 Å². The van der Waals surface area contributed by atoms with Gasteiger partial charge in [-0.25, -0.2) is 0 Å². The molecule has 0 atom stereocenters. The van der Waals surface area contributed by atoms with Crippen LogP contribution in [0.25, 0.3) is 0 Å². The average molecular weight is 206 g/mol. The lowest BCUT2D eigenvalue weighted by Gasteiger charge is -2.18. The van der Waals surface area contributed by atoms with Gasteiger partial charge in [0.05, 0.1) is 22.8 Å². The predicted octanol–water partition coefficient (Wildman–Crippen LogP) is 3.38. The van der Waals surface area contributed by atoms with Gasteiger partial charge < -0.3 is 0 Å². The van der Waals surface area contributed by atoms with Crippen molar-refractivity contribution in [2.75, 3.05) is 0 Å². The van der Waals surface area contributed by atoms with Crippen molar-refractivity contribution in [3.05, 3.63) is 22.8 Å². The molecule has 0 bridgehead atoms. The molecule has 0 saturated heterocycles. The zero-order chi connectivity index (χ0) is 11.6. The zero-order valence-corrected chi connectivity index (χ0v) is 10.8. The lowest BCUT2D eigenvalue weighted by atomic mass is 9.89. The van der Waals surface area contributed by atoms with Gasteiger partial charge in [0.25, 0.3) is 0 Å². The van der Waals surface area contributed by atoms with Gasteiger partial charge in [0.2, 0.25) is 0 Å². The third kappa shape index (κ3) is 3.61. The number of aryl methyl sites for hydroxylation is 4. The first kappa shape index (κ1) is 12.2. The van der Waals surface area contributed by atoms with Crippen LogP contribution in [0.4, 0.5) is 0 Å². The Morgan fingerprint density at radius 1 is 0.867 bits per heavy atom. The summed E-state index contributed by atoms with van der Waals surface area (Å²) in [5.74, 6) is 0. The monoisotopic (exact) mass is 206 g/mol. The Hall–Kier alpha value is -0.920. The van der Waals surface area contributed by atoms with Crippen molar-refractivity contribution >= 4 is 0 Å². The molecule has 0 spiro atoms. The second kappa shape index (κ2) is 4.30. The number of hydrogen-bond donors (Lipinski definition) is 0. The van der Waals surface area contributed by atoms with Gasteiger partial charge in [-0.3, -0.25) is 9.97 Å². The molecule has 0 N–H and O–H groups in total. The van der Waals surface area contributed by atoms with Gasteiger partial charge in [0, 0.05) is 0 Å². The highest BCUT2D eigenvalue weighted by Crippen LogP contribution is 2.21. The van der Waals surface area contributed by atoms with Crippen molar-refractivity contribution in [1.82, 2.24) is 9.97 Å². The van der Waals surface area contributed by atoms with Crippen LogP contribution >= 0.6 is 0 Å². The van der Waals surface area contributed by atoms with Crippen molar-refractivity contribution in [2.45, 2.75) is 54.4 Å². The van der Waals surface area contributed by atoms with E-state index in [1.165, 1.54) is 0 Å². The van der Waals surface area contributed by atoms with Crippen LogP contribution < -0.4 is 0 Å². The van der Waals surface area contributed by atoms with Crippen LogP contribution in [-0.2, 0) is 6.42 Å². The molecule has 0 aliphatic carbocycles. The summed E-state index contributed by atoms with van der Waals surface area (Å²) in [5.41, 5.74) is 4.72. The first-order valence-electron chi connectivity index (χ1n) is 5.60. The van der Waals surface area contributed by atoms with E-state index in [0.717, 1.165) is 35.6 Å². The standard InChI is InChI=1S/C13H22N2/c1-9-10(2)15-12(11(3)14-9)7-8-13(4,5)6/h7-8H2,1-6H3. The second-order valence-electron chi connectivity index (χ2n) is 5.49. The zero-order valence-electron chi connectivity index (χ0n) is 10.8. The topological polar surface area (TPSA) is 25.8 Å². The lowest BCUT2D eigenvalue weighted by Crippen LogP contribution is -2.10. The first-order chi connectivity index (χ1) is 6.79. The van der Waals surface area contributed by atoms with Gasteiger partial charge in [0.1, 0.15) is 0 Å². The molecule has 0 aromatic carbocycles. The van der Waals surface area contributed by atoms with Gasteiger partial charge >= 0.3 is 0 Å². The van der Waals surface area contributed by atoms with Crippen molar-refractivity contribution in [2.24, 2.45) is 5.41 Å². The lowest BCUT2D eigenvalue weighted by molar-refractivity contribution is 0.375. The fraction of sp³-hybridized carbons (Fsp3) is 0.692. The summed E-state index contributed by atoms with van der Waals surface area (Å²) in [7, 11) is 0. The van der Waals surface area contributed by atoms with Crippen LogP contribution in [0, 0.1) is 26.2 Å². The molecule has 0 saturated carbocycles. The fourth-order valence-electron chi connectivity index (χ4n) is 1.49. The Morgan fingerprint density at radius 3 is 1.93 bits per heavy atom. The maximum atomic E-state index is 4.61. The van der Waals surface area contributed by atoms with Gasteiger partial charge in [-0.15, -0.1) is 0 Å². The van der Waals surface area contributed by atoms with Crippen molar-refractivity contribution in [1.29, 1.82) is 0 Å². The minimum absolute atomic E-state index is 0.368. The minimum atomic E-state index is 0.368. The van der Waals surface area contributed by atoms with E-state index in [1.807, 2.05) is 13.8 Å². The van der Waals surface area contributed by atoms with Crippen LogP contribution in [0.5, 0.6) is 0 Å². The van der Waals surface area contributed by atoms with Gasteiger partial charge in [-0.2, -0.15) is 0 Å². The van der Waals surface area contributed by atoms with Crippen LogP contribution in [0.1, 0.15) is 50.0 Å². The molecule has 0 fully saturated rings. The molecule has 0 amide bonds. The SMILES string of the molecule is Cc1nc(C)c(CCC(C)(C)C)nc1C. The number of nitrogens with zero attached hydrogens (tertiary/aromatic N) is 2. The first-order valence-corrected chi connectivity index (χ1v) is 5.60. The molecule has 0 radical (unpaired) electrons. The van der Waals surface area contributed by atoms with E-state index in [2.05, 4.69) is 37.7 Å². The molecule has 2 heteroatoms. The summed E-state index contributed by atoms with van der Waals surface area (Å²) in [6, 6.07) is 0. The van der Waals surface area contributed by atoms with Gasteiger partial charge in [0.15, 0.2) is 0 Å². The Balaban J connectivity index is 2.82. The largest absolute Gasteiger partial charge is 0.255 e. The molecule has 1 heterocycles. The average Bonchev–Trinajstić information content (AvgIpc) is 2.07. The van der Waals surface area contributed by atoms with Crippen molar-refractivity contribution < 1.29 is 0 Å². The Labute approximate surface area is 93.2 Å². The Morgan fingerprint density at radius 2 is 1.40 bits per heavy atom. The van der Waals surface area contributed by atoms with Crippen LogP contribution in [0.2, 0.25) is 0 Å². The van der Waals surface area contributed by atoms with E-state index < -0.39 is 0 Å². The molecular formula is C13H22N2. The quantitative estimate of drug-likeness (QED) is 0.741. The number of rotatable bonds is 2. The molecule has 1 aromatic rings. The highest BCUT2D eigenvalue weighted by Gasteiger charge is 2.12. The molecule has 0 aliphatic rings. The van der Waals surface area contributed by atoms with Crippen molar-refractivity contribution in [3.8, 4) is 0 Å². The molecular weight excluding hydrogens is 184 g/mol. The highest BCUT2D eigenvalue weighted by atomic mass is 14.8.